The largest absolute Gasteiger partial charge is 0.353 e. The van der Waals surface area contributed by atoms with Gasteiger partial charge in [-0.1, -0.05) is 35.0 Å². The fourth-order valence-electron chi connectivity index (χ4n) is 1.95. The summed E-state index contributed by atoms with van der Waals surface area (Å²) in [5, 5.41) is 8.10. The number of carbonyl (C=O) groups is 1. The van der Waals surface area contributed by atoms with E-state index in [4.69, 9.17) is 16.1 Å². The molecular formula is C14H10ClN3O2. The summed E-state index contributed by atoms with van der Waals surface area (Å²) in [6, 6.07) is 10.9. The number of hydrogen-bond donors (Lipinski definition) is 0. The molecule has 0 spiro atoms. The normalized spacial score (nSPS) is 10.7. The minimum atomic E-state index is -0.327. The standard InChI is InChI=1S/C14H10ClN3O2/c1-9-12(13(19)11-7-8-16-20-11)14(15)18(17-9)10-5-3-2-4-6-10/h2-8H,1H3. The van der Waals surface area contributed by atoms with E-state index < -0.39 is 0 Å². The molecule has 0 aliphatic heterocycles. The van der Waals surface area contributed by atoms with E-state index in [1.807, 2.05) is 30.3 Å². The summed E-state index contributed by atoms with van der Waals surface area (Å²) in [6.07, 6.45) is 1.41. The Bertz CT molecular complexity index is 748. The molecule has 0 fully saturated rings. The second-order valence-corrected chi connectivity index (χ2v) is 4.56. The third-order valence-corrected chi connectivity index (χ3v) is 3.24. The molecule has 0 saturated carbocycles. The Kier molecular flexibility index (Phi) is 3.12. The highest BCUT2D eigenvalue weighted by molar-refractivity contribution is 6.34. The van der Waals surface area contributed by atoms with Crippen molar-refractivity contribution in [3.8, 4) is 5.69 Å². The molecule has 0 N–H and O–H groups in total. The van der Waals surface area contributed by atoms with Gasteiger partial charge >= 0.3 is 0 Å². The van der Waals surface area contributed by atoms with Crippen molar-refractivity contribution in [2.75, 3.05) is 0 Å². The average molecular weight is 288 g/mol. The third-order valence-electron chi connectivity index (χ3n) is 2.89. The minimum absolute atomic E-state index is 0.141. The number of rotatable bonds is 3. The Balaban J connectivity index is 2.10. The van der Waals surface area contributed by atoms with Crippen LogP contribution in [0.4, 0.5) is 0 Å². The minimum Gasteiger partial charge on any atom is -0.353 e. The van der Waals surface area contributed by atoms with E-state index in [0.29, 0.717) is 11.3 Å². The lowest BCUT2D eigenvalue weighted by Crippen LogP contribution is -2.02. The first-order chi connectivity index (χ1) is 9.68. The molecule has 6 heteroatoms. The van der Waals surface area contributed by atoms with Gasteiger partial charge in [0.1, 0.15) is 5.15 Å². The molecular weight excluding hydrogens is 278 g/mol. The Labute approximate surface area is 119 Å². The third kappa shape index (κ3) is 2.02. The zero-order chi connectivity index (χ0) is 14.1. The van der Waals surface area contributed by atoms with Gasteiger partial charge < -0.3 is 4.52 Å². The molecule has 0 aliphatic rings. The summed E-state index contributed by atoms with van der Waals surface area (Å²) >= 11 is 6.29. The summed E-state index contributed by atoms with van der Waals surface area (Å²) in [7, 11) is 0. The van der Waals surface area contributed by atoms with Crippen LogP contribution in [0, 0.1) is 6.92 Å². The number of hydrogen-bond acceptors (Lipinski definition) is 4. The fourth-order valence-corrected chi connectivity index (χ4v) is 2.31. The van der Waals surface area contributed by atoms with E-state index in [9.17, 15) is 4.79 Å². The first-order valence-electron chi connectivity index (χ1n) is 5.94. The van der Waals surface area contributed by atoms with Crippen LogP contribution in [-0.4, -0.2) is 20.7 Å². The van der Waals surface area contributed by atoms with Crippen LogP contribution < -0.4 is 0 Å². The molecule has 2 heterocycles. The van der Waals surface area contributed by atoms with Gasteiger partial charge in [-0.25, -0.2) is 4.68 Å². The molecule has 0 atom stereocenters. The van der Waals surface area contributed by atoms with E-state index in [1.165, 1.54) is 16.9 Å². The molecule has 0 amide bonds. The van der Waals surface area contributed by atoms with Crippen molar-refractivity contribution in [3.63, 3.8) is 0 Å². The maximum absolute atomic E-state index is 12.3. The van der Waals surface area contributed by atoms with E-state index >= 15 is 0 Å². The van der Waals surface area contributed by atoms with Crippen LogP contribution in [0.3, 0.4) is 0 Å². The van der Waals surface area contributed by atoms with Crippen LogP contribution in [-0.2, 0) is 0 Å². The van der Waals surface area contributed by atoms with Gasteiger partial charge in [-0.05, 0) is 19.1 Å². The highest BCUT2D eigenvalue weighted by Crippen LogP contribution is 2.25. The van der Waals surface area contributed by atoms with Gasteiger partial charge in [-0.2, -0.15) is 5.10 Å². The lowest BCUT2D eigenvalue weighted by molar-refractivity contribution is 0.1000. The van der Waals surface area contributed by atoms with Gasteiger partial charge in [0.25, 0.3) is 0 Å². The molecule has 0 radical (unpaired) electrons. The second kappa shape index (κ2) is 4.94. The molecule has 1 aromatic carbocycles. The maximum atomic E-state index is 12.3. The van der Waals surface area contributed by atoms with Crippen LogP contribution in [0.15, 0.2) is 47.1 Å². The lowest BCUT2D eigenvalue weighted by atomic mass is 10.1. The average Bonchev–Trinajstić information content (AvgIpc) is 3.08. The molecule has 5 nitrogen and oxygen atoms in total. The van der Waals surface area contributed by atoms with Gasteiger partial charge in [-0.15, -0.1) is 0 Å². The van der Waals surface area contributed by atoms with Crippen molar-refractivity contribution < 1.29 is 9.32 Å². The zero-order valence-corrected chi connectivity index (χ0v) is 11.3. The number of nitrogens with zero attached hydrogens (tertiary/aromatic N) is 3. The molecule has 0 bridgehead atoms. The highest BCUT2D eigenvalue weighted by Gasteiger charge is 2.24. The smallest absolute Gasteiger partial charge is 0.236 e. The number of halogens is 1. The van der Waals surface area contributed by atoms with Gasteiger partial charge in [-0.3, -0.25) is 4.79 Å². The zero-order valence-electron chi connectivity index (χ0n) is 10.6. The van der Waals surface area contributed by atoms with Crippen LogP contribution in [0.2, 0.25) is 5.15 Å². The Morgan fingerprint density at radius 2 is 2.00 bits per heavy atom. The number of para-hydroxylation sites is 1. The molecule has 0 aliphatic carbocycles. The lowest BCUT2D eigenvalue weighted by Gasteiger charge is -2.02. The van der Waals surface area contributed by atoms with Crippen molar-refractivity contribution in [3.05, 3.63) is 64.8 Å². The number of aromatic nitrogens is 3. The number of ketones is 1. The predicted octanol–water partition coefficient (Wildman–Crippen LogP) is 3.05. The van der Waals surface area contributed by atoms with Crippen LogP contribution in [0.25, 0.3) is 5.69 Å². The molecule has 0 unspecified atom stereocenters. The van der Waals surface area contributed by atoms with E-state index in [1.54, 1.807) is 6.92 Å². The molecule has 20 heavy (non-hydrogen) atoms. The maximum Gasteiger partial charge on any atom is 0.236 e. The predicted molar refractivity (Wildman–Crippen MR) is 73.2 cm³/mol. The second-order valence-electron chi connectivity index (χ2n) is 4.20. The van der Waals surface area contributed by atoms with E-state index in [2.05, 4.69) is 10.3 Å². The molecule has 100 valence electrons. The Morgan fingerprint density at radius 1 is 1.25 bits per heavy atom. The first-order valence-corrected chi connectivity index (χ1v) is 6.32. The molecule has 0 saturated heterocycles. The number of aryl methyl sites for hydroxylation is 1. The van der Waals surface area contributed by atoms with Crippen LogP contribution in [0.1, 0.15) is 21.8 Å². The quantitative estimate of drug-likeness (QED) is 0.695. The van der Waals surface area contributed by atoms with Crippen molar-refractivity contribution in [1.82, 2.24) is 14.9 Å². The van der Waals surface area contributed by atoms with Crippen molar-refractivity contribution in [2.24, 2.45) is 0 Å². The van der Waals surface area contributed by atoms with Crippen molar-refractivity contribution in [2.45, 2.75) is 6.92 Å². The summed E-state index contributed by atoms with van der Waals surface area (Å²) < 4.78 is 6.41. The number of carbonyl (C=O) groups excluding carboxylic acids is 1. The monoisotopic (exact) mass is 287 g/mol. The number of benzene rings is 1. The van der Waals surface area contributed by atoms with Crippen molar-refractivity contribution >= 4 is 17.4 Å². The van der Waals surface area contributed by atoms with Crippen molar-refractivity contribution in [1.29, 1.82) is 0 Å². The summed E-state index contributed by atoms with van der Waals surface area (Å²) in [5.41, 5.74) is 1.66. The fraction of sp³-hybridized carbons (Fsp3) is 0.0714. The highest BCUT2D eigenvalue weighted by atomic mass is 35.5. The van der Waals surface area contributed by atoms with Crippen LogP contribution >= 0.6 is 11.6 Å². The summed E-state index contributed by atoms with van der Waals surface area (Å²) in [5.74, 6) is -0.185. The molecule has 3 aromatic rings. The Hall–Kier alpha value is -2.40. The first kappa shape index (κ1) is 12.6. The summed E-state index contributed by atoms with van der Waals surface area (Å²) in [6.45, 7) is 1.73. The molecule has 3 rings (SSSR count). The van der Waals surface area contributed by atoms with Crippen LogP contribution in [0.5, 0.6) is 0 Å². The topological polar surface area (TPSA) is 60.9 Å². The van der Waals surface area contributed by atoms with E-state index in [-0.39, 0.29) is 16.7 Å². The van der Waals surface area contributed by atoms with Gasteiger partial charge in [0, 0.05) is 6.07 Å². The van der Waals surface area contributed by atoms with Gasteiger partial charge in [0.05, 0.1) is 23.1 Å². The Morgan fingerprint density at radius 3 is 2.65 bits per heavy atom. The van der Waals surface area contributed by atoms with Gasteiger partial charge in [0.2, 0.25) is 11.5 Å². The van der Waals surface area contributed by atoms with E-state index in [0.717, 1.165) is 5.69 Å². The summed E-state index contributed by atoms with van der Waals surface area (Å²) in [4.78, 5) is 12.3. The molecule has 2 aromatic heterocycles. The SMILES string of the molecule is Cc1nn(-c2ccccc2)c(Cl)c1C(=O)c1ccno1. The van der Waals surface area contributed by atoms with Gasteiger partial charge in [0.15, 0.2) is 0 Å².